The summed E-state index contributed by atoms with van der Waals surface area (Å²) >= 11 is 0. The molecule has 1 atom stereocenters. The lowest BCUT2D eigenvalue weighted by Gasteiger charge is -2.26. The lowest BCUT2D eigenvalue weighted by molar-refractivity contribution is -0.150. The number of ether oxygens (including phenoxy) is 1. The van der Waals surface area contributed by atoms with Gasteiger partial charge < -0.3 is 10.1 Å². The van der Waals surface area contributed by atoms with Crippen molar-refractivity contribution in [2.75, 3.05) is 13.7 Å². The average molecular weight is 254 g/mol. The highest BCUT2D eigenvalue weighted by Gasteiger charge is 2.32. The molecule has 1 aromatic rings. The molecule has 0 aliphatic carbocycles. The van der Waals surface area contributed by atoms with Crippen molar-refractivity contribution < 1.29 is 9.53 Å². The summed E-state index contributed by atoms with van der Waals surface area (Å²) in [5, 5.41) is 7.30. The predicted molar refractivity (Wildman–Crippen MR) is 68.2 cm³/mol. The molecular formula is C12H22N4O2. The second kappa shape index (κ2) is 5.95. The summed E-state index contributed by atoms with van der Waals surface area (Å²) in [6.45, 7) is 8.41. The molecule has 0 aliphatic rings. The lowest BCUT2D eigenvalue weighted by Crippen LogP contribution is -2.49. The number of hydrogen-bond acceptors (Lipinski definition) is 5. The maximum absolute atomic E-state index is 11.9. The van der Waals surface area contributed by atoms with E-state index in [0.717, 1.165) is 11.6 Å². The van der Waals surface area contributed by atoms with Crippen LogP contribution in [0.2, 0.25) is 0 Å². The van der Waals surface area contributed by atoms with Gasteiger partial charge in [-0.05, 0) is 41.2 Å². The highest BCUT2D eigenvalue weighted by atomic mass is 16.5. The van der Waals surface area contributed by atoms with Crippen molar-refractivity contribution in [2.45, 2.75) is 46.2 Å². The van der Waals surface area contributed by atoms with Gasteiger partial charge in [0.25, 0.3) is 0 Å². The summed E-state index contributed by atoms with van der Waals surface area (Å²) in [6, 6.07) is 0. The molecule has 1 aromatic heterocycles. The van der Waals surface area contributed by atoms with Crippen LogP contribution in [-0.4, -0.2) is 39.9 Å². The topological polar surface area (TPSA) is 69.0 Å². The second-order valence-corrected chi connectivity index (χ2v) is 4.48. The molecule has 0 spiro atoms. The fourth-order valence-electron chi connectivity index (χ4n) is 1.72. The van der Waals surface area contributed by atoms with Crippen LogP contribution in [0.5, 0.6) is 0 Å². The largest absolute Gasteiger partial charge is 0.465 e. The first-order chi connectivity index (χ1) is 8.42. The van der Waals surface area contributed by atoms with Gasteiger partial charge in [0.05, 0.1) is 6.61 Å². The molecule has 0 saturated carbocycles. The van der Waals surface area contributed by atoms with Gasteiger partial charge in [-0.15, -0.1) is 0 Å². The number of nitrogens with one attached hydrogen (secondary N) is 1. The first kappa shape index (κ1) is 14.6. The van der Waals surface area contributed by atoms with E-state index in [2.05, 4.69) is 15.4 Å². The summed E-state index contributed by atoms with van der Waals surface area (Å²) in [5.41, 5.74) is -0.692. The third-order valence-electron chi connectivity index (χ3n) is 3.06. The average Bonchev–Trinajstić information content (AvgIpc) is 2.65. The Kier molecular flexibility index (Phi) is 4.84. The predicted octanol–water partition coefficient (Wildman–Crippen LogP) is 0.826. The fraction of sp³-hybridized carbons (Fsp3) is 0.750. The van der Waals surface area contributed by atoms with Crippen molar-refractivity contribution in [3.05, 3.63) is 11.6 Å². The second-order valence-electron chi connectivity index (χ2n) is 4.48. The van der Waals surface area contributed by atoms with Crippen LogP contribution in [0.4, 0.5) is 0 Å². The molecule has 6 heteroatoms. The SMILES string of the molecule is CCOC(=O)C(C)(CCn1nc(C)nc1C)NC. The number of rotatable bonds is 6. The van der Waals surface area contributed by atoms with Crippen LogP contribution >= 0.6 is 0 Å². The van der Waals surface area contributed by atoms with Crippen LogP contribution in [0.15, 0.2) is 0 Å². The molecule has 0 aliphatic heterocycles. The molecule has 1 rings (SSSR count). The standard InChI is InChI=1S/C12H22N4O2/c1-6-18-11(17)12(4,13-5)7-8-16-10(3)14-9(2)15-16/h13H,6-8H2,1-5H3. The van der Waals surface area contributed by atoms with Gasteiger partial charge in [-0.1, -0.05) is 0 Å². The minimum Gasteiger partial charge on any atom is -0.465 e. The Morgan fingerprint density at radius 3 is 2.61 bits per heavy atom. The number of nitrogens with zero attached hydrogens (tertiary/aromatic N) is 3. The molecule has 18 heavy (non-hydrogen) atoms. The van der Waals surface area contributed by atoms with E-state index >= 15 is 0 Å². The first-order valence-electron chi connectivity index (χ1n) is 6.17. The molecule has 0 aromatic carbocycles. The normalized spacial score (nSPS) is 14.3. The van der Waals surface area contributed by atoms with Crippen LogP contribution in [0.25, 0.3) is 0 Å². The minimum atomic E-state index is -0.692. The highest BCUT2D eigenvalue weighted by Crippen LogP contribution is 2.13. The van der Waals surface area contributed by atoms with Gasteiger partial charge in [0.1, 0.15) is 17.2 Å². The Morgan fingerprint density at radius 2 is 2.17 bits per heavy atom. The van der Waals surface area contributed by atoms with Crippen molar-refractivity contribution >= 4 is 5.97 Å². The summed E-state index contributed by atoms with van der Waals surface area (Å²) < 4.78 is 6.88. The van der Waals surface area contributed by atoms with Crippen LogP contribution in [0.3, 0.4) is 0 Å². The first-order valence-corrected chi connectivity index (χ1v) is 6.17. The van der Waals surface area contributed by atoms with E-state index in [1.165, 1.54) is 0 Å². The summed E-state index contributed by atoms with van der Waals surface area (Å²) in [7, 11) is 1.76. The van der Waals surface area contributed by atoms with Crippen LogP contribution < -0.4 is 5.32 Å². The quantitative estimate of drug-likeness (QED) is 0.761. The Hall–Kier alpha value is -1.43. The van der Waals surface area contributed by atoms with E-state index in [1.807, 2.05) is 25.5 Å². The lowest BCUT2D eigenvalue weighted by atomic mass is 9.98. The Morgan fingerprint density at radius 1 is 1.50 bits per heavy atom. The number of aryl methyl sites for hydroxylation is 3. The number of carbonyl (C=O) groups is 1. The van der Waals surface area contributed by atoms with E-state index < -0.39 is 5.54 Å². The fourth-order valence-corrected chi connectivity index (χ4v) is 1.72. The van der Waals surface area contributed by atoms with E-state index in [1.54, 1.807) is 14.0 Å². The molecule has 0 radical (unpaired) electrons. The monoisotopic (exact) mass is 254 g/mol. The molecule has 1 heterocycles. The number of carbonyl (C=O) groups excluding carboxylic acids is 1. The van der Waals surface area contributed by atoms with Crippen LogP contribution in [0.1, 0.15) is 31.9 Å². The van der Waals surface area contributed by atoms with E-state index in [9.17, 15) is 4.79 Å². The van der Waals surface area contributed by atoms with Crippen molar-refractivity contribution in [1.29, 1.82) is 0 Å². The van der Waals surface area contributed by atoms with Gasteiger partial charge in [-0.25, -0.2) is 4.98 Å². The molecule has 1 unspecified atom stereocenters. The molecular weight excluding hydrogens is 232 g/mol. The van der Waals surface area contributed by atoms with Gasteiger partial charge in [0, 0.05) is 6.54 Å². The van der Waals surface area contributed by atoms with E-state index in [0.29, 0.717) is 19.6 Å². The van der Waals surface area contributed by atoms with Gasteiger partial charge in [0.15, 0.2) is 0 Å². The number of hydrogen-bond donors (Lipinski definition) is 1. The highest BCUT2D eigenvalue weighted by molar-refractivity contribution is 5.80. The van der Waals surface area contributed by atoms with Crippen molar-refractivity contribution in [3.63, 3.8) is 0 Å². The number of likely N-dealkylation sites (N-methyl/N-ethyl adjacent to an activating group) is 1. The summed E-state index contributed by atoms with van der Waals surface area (Å²) in [5.74, 6) is 1.37. The molecule has 0 saturated heterocycles. The zero-order valence-corrected chi connectivity index (χ0v) is 11.8. The van der Waals surface area contributed by atoms with Crippen molar-refractivity contribution in [2.24, 2.45) is 0 Å². The third kappa shape index (κ3) is 3.29. The Labute approximate surface area is 108 Å². The summed E-state index contributed by atoms with van der Waals surface area (Å²) in [6.07, 6.45) is 0.603. The Bertz CT molecular complexity index is 416. The third-order valence-corrected chi connectivity index (χ3v) is 3.06. The van der Waals surface area contributed by atoms with Gasteiger partial charge in [0.2, 0.25) is 0 Å². The van der Waals surface area contributed by atoms with E-state index in [-0.39, 0.29) is 5.97 Å². The smallest absolute Gasteiger partial charge is 0.326 e. The van der Waals surface area contributed by atoms with Crippen molar-refractivity contribution in [3.8, 4) is 0 Å². The molecule has 6 nitrogen and oxygen atoms in total. The van der Waals surface area contributed by atoms with E-state index in [4.69, 9.17) is 4.74 Å². The maximum atomic E-state index is 11.9. The van der Waals surface area contributed by atoms with Gasteiger partial charge in [-0.3, -0.25) is 9.48 Å². The van der Waals surface area contributed by atoms with Gasteiger partial charge >= 0.3 is 5.97 Å². The maximum Gasteiger partial charge on any atom is 0.326 e. The molecule has 0 bridgehead atoms. The minimum absolute atomic E-state index is 0.234. The van der Waals surface area contributed by atoms with Crippen LogP contribution in [-0.2, 0) is 16.1 Å². The molecule has 0 amide bonds. The van der Waals surface area contributed by atoms with Crippen molar-refractivity contribution in [1.82, 2.24) is 20.1 Å². The van der Waals surface area contributed by atoms with Crippen LogP contribution in [0, 0.1) is 13.8 Å². The Balaban J connectivity index is 2.69. The van der Waals surface area contributed by atoms with Gasteiger partial charge in [-0.2, -0.15) is 5.10 Å². The number of aromatic nitrogens is 3. The number of esters is 1. The summed E-state index contributed by atoms with van der Waals surface area (Å²) in [4.78, 5) is 16.1. The molecule has 1 N–H and O–H groups in total. The molecule has 102 valence electrons. The molecule has 0 fully saturated rings. The zero-order chi connectivity index (χ0) is 13.8. The zero-order valence-electron chi connectivity index (χ0n) is 11.8.